The third-order valence-electron chi connectivity index (χ3n) is 4.73. The molecule has 0 spiro atoms. The lowest BCUT2D eigenvalue weighted by Crippen LogP contribution is -2.12. The Hall–Kier alpha value is -2.80. The summed E-state index contributed by atoms with van der Waals surface area (Å²) < 4.78 is 5.85. The summed E-state index contributed by atoms with van der Waals surface area (Å²) in [5.74, 6) is 1.17. The number of nitrogens with zero attached hydrogens (tertiary/aromatic N) is 1. The fraction of sp³-hybridized carbons (Fsp3) is 0.364. The number of rotatable bonds is 5. The van der Waals surface area contributed by atoms with Crippen LogP contribution in [0.5, 0.6) is 5.75 Å². The van der Waals surface area contributed by atoms with E-state index in [1.807, 2.05) is 13.0 Å². The first kappa shape index (κ1) is 18.0. The van der Waals surface area contributed by atoms with E-state index >= 15 is 0 Å². The highest BCUT2D eigenvalue weighted by Crippen LogP contribution is 2.42. The van der Waals surface area contributed by atoms with Crippen LogP contribution in [0, 0.1) is 11.3 Å². The summed E-state index contributed by atoms with van der Waals surface area (Å²) in [4.78, 5) is 12.1. The van der Waals surface area contributed by atoms with Gasteiger partial charge in [0, 0.05) is 24.0 Å². The summed E-state index contributed by atoms with van der Waals surface area (Å²) >= 11 is 0. The number of carbonyl (C=O) groups is 1. The highest BCUT2D eigenvalue weighted by atomic mass is 16.5. The highest BCUT2D eigenvalue weighted by Gasteiger charge is 2.25. The summed E-state index contributed by atoms with van der Waals surface area (Å²) in [6.07, 6.45) is 1.90. The molecule has 3 rings (SSSR count). The Bertz CT molecular complexity index is 861. The number of hydrogen-bond acceptors (Lipinski definition) is 3. The molecule has 0 bridgehead atoms. The van der Waals surface area contributed by atoms with Gasteiger partial charge >= 0.3 is 0 Å². The van der Waals surface area contributed by atoms with Crippen molar-refractivity contribution < 1.29 is 9.53 Å². The Morgan fingerprint density at radius 1 is 1.31 bits per heavy atom. The van der Waals surface area contributed by atoms with Gasteiger partial charge in [-0.15, -0.1) is 0 Å². The second-order valence-corrected chi connectivity index (χ2v) is 6.94. The van der Waals surface area contributed by atoms with Gasteiger partial charge in [0.05, 0.1) is 17.9 Å². The molecule has 0 aromatic heterocycles. The zero-order chi connectivity index (χ0) is 18.7. The van der Waals surface area contributed by atoms with Crippen molar-refractivity contribution in [3.63, 3.8) is 0 Å². The van der Waals surface area contributed by atoms with Crippen LogP contribution in [0.15, 0.2) is 30.3 Å². The van der Waals surface area contributed by atoms with Crippen molar-refractivity contribution in [1.82, 2.24) is 0 Å². The number of amides is 1. The van der Waals surface area contributed by atoms with Gasteiger partial charge in [-0.05, 0) is 29.5 Å². The molecule has 1 N–H and O–H groups in total. The minimum Gasteiger partial charge on any atom is -0.492 e. The zero-order valence-electron chi connectivity index (χ0n) is 15.6. The Morgan fingerprint density at radius 3 is 2.65 bits per heavy atom. The summed E-state index contributed by atoms with van der Waals surface area (Å²) in [5, 5.41) is 12.5. The fourth-order valence-corrected chi connectivity index (χ4v) is 3.31. The average molecular weight is 348 g/mol. The van der Waals surface area contributed by atoms with Gasteiger partial charge in [0.25, 0.3) is 0 Å². The fourth-order valence-electron chi connectivity index (χ4n) is 3.31. The van der Waals surface area contributed by atoms with Crippen molar-refractivity contribution in [1.29, 1.82) is 5.26 Å². The summed E-state index contributed by atoms with van der Waals surface area (Å²) in [5.41, 5.74) is 5.23. The Labute approximate surface area is 154 Å². The quantitative estimate of drug-likeness (QED) is 0.825. The van der Waals surface area contributed by atoms with Crippen molar-refractivity contribution in [3.05, 3.63) is 47.0 Å². The van der Waals surface area contributed by atoms with E-state index < -0.39 is 0 Å². The smallest absolute Gasteiger partial charge is 0.224 e. The van der Waals surface area contributed by atoms with Crippen LogP contribution >= 0.6 is 0 Å². The SMILES string of the molecule is CCCC(=O)Nc1cc(-c2ccc(C(C)C)cc2)c2c(c1C#N)CCO2. The van der Waals surface area contributed by atoms with E-state index in [9.17, 15) is 10.1 Å². The number of ether oxygens (including phenoxy) is 1. The molecule has 134 valence electrons. The van der Waals surface area contributed by atoms with Crippen molar-refractivity contribution in [2.75, 3.05) is 11.9 Å². The number of nitriles is 1. The molecule has 0 saturated heterocycles. The molecule has 26 heavy (non-hydrogen) atoms. The number of hydrogen-bond donors (Lipinski definition) is 1. The van der Waals surface area contributed by atoms with E-state index in [1.165, 1.54) is 5.56 Å². The van der Waals surface area contributed by atoms with Crippen LogP contribution in [0.1, 0.15) is 56.2 Å². The van der Waals surface area contributed by atoms with Gasteiger partial charge in [0.1, 0.15) is 11.8 Å². The maximum atomic E-state index is 12.1. The number of benzene rings is 2. The number of carbonyl (C=O) groups excluding carboxylic acids is 1. The molecule has 2 aromatic rings. The molecule has 2 aromatic carbocycles. The highest BCUT2D eigenvalue weighted by molar-refractivity contribution is 5.94. The number of anilines is 1. The molecular weight excluding hydrogens is 324 g/mol. The predicted molar refractivity (Wildman–Crippen MR) is 103 cm³/mol. The maximum Gasteiger partial charge on any atom is 0.224 e. The molecule has 1 aliphatic heterocycles. The lowest BCUT2D eigenvalue weighted by molar-refractivity contribution is -0.116. The lowest BCUT2D eigenvalue weighted by atomic mass is 9.94. The molecule has 1 heterocycles. The first-order chi connectivity index (χ1) is 12.5. The third-order valence-corrected chi connectivity index (χ3v) is 4.73. The van der Waals surface area contributed by atoms with Crippen LogP contribution in [0.4, 0.5) is 5.69 Å². The monoisotopic (exact) mass is 348 g/mol. The van der Waals surface area contributed by atoms with E-state index in [-0.39, 0.29) is 5.91 Å². The van der Waals surface area contributed by atoms with Crippen LogP contribution in [0.25, 0.3) is 11.1 Å². The van der Waals surface area contributed by atoms with Crippen molar-refractivity contribution >= 4 is 11.6 Å². The van der Waals surface area contributed by atoms with Gasteiger partial charge in [-0.2, -0.15) is 5.26 Å². The molecule has 0 aliphatic carbocycles. The number of nitrogens with one attached hydrogen (secondary N) is 1. The van der Waals surface area contributed by atoms with Gasteiger partial charge in [-0.1, -0.05) is 45.0 Å². The van der Waals surface area contributed by atoms with Crippen LogP contribution in [0.3, 0.4) is 0 Å². The summed E-state index contributed by atoms with van der Waals surface area (Å²) in [6, 6.07) is 12.5. The van der Waals surface area contributed by atoms with E-state index in [2.05, 4.69) is 49.5 Å². The molecule has 4 nitrogen and oxygen atoms in total. The van der Waals surface area contributed by atoms with Crippen molar-refractivity contribution in [2.45, 2.75) is 46.0 Å². The Balaban J connectivity index is 2.09. The Kier molecular flexibility index (Phi) is 5.27. The molecule has 1 aliphatic rings. The molecule has 0 atom stereocenters. The normalized spacial score (nSPS) is 12.4. The van der Waals surface area contributed by atoms with Gasteiger partial charge in [-0.25, -0.2) is 0 Å². The molecule has 0 saturated carbocycles. The van der Waals surface area contributed by atoms with Crippen molar-refractivity contribution in [3.8, 4) is 22.9 Å². The van der Waals surface area contributed by atoms with E-state index in [4.69, 9.17) is 4.74 Å². The first-order valence-electron chi connectivity index (χ1n) is 9.18. The molecule has 0 fully saturated rings. The van der Waals surface area contributed by atoms with E-state index in [1.54, 1.807) is 0 Å². The van der Waals surface area contributed by atoms with E-state index in [0.29, 0.717) is 36.6 Å². The third kappa shape index (κ3) is 3.43. The van der Waals surface area contributed by atoms with E-state index in [0.717, 1.165) is 28.9 Å². The average Bonchev–Trinajstić information content (AvgIpc) is 3.11. The van der Waals surface area contributed by atoms with Gasteiger partial charge in [-0.3, -0.25) is 4.79 Å². The molecule has 1 amide bonds. The summed E-state index contributed by atoms with van der Waals surface area (Å²) in [6.45, 7) is 6.86. The number of fused-ring (bicyclic) bond motifs is 1. The second-order valence-electron chi connectivity index (χ2n) is 6.94. The van der Waals surface area contributed by atoms with Crippen LogP contribution in [-0.2, 0) is 11.2 Å². The van der Waals surface area contributed by atoms with Gasteiger partial charge < -0.3 is 10.1 Å². The Morgan fingerprint density at radius 2 is 2.04 bits per heavy atom. The lowest BCUT2D eigenvalue weighted by Gasteiger charge is -2.15. The topological polar surface area (TPSA) is 62.1 Å². The minimum atomic E-state index is -0.0658. The standard InChI is InChI=1S/C22H24N2O2/c1-4-5-21(25)24-20-12-18(16-8-6-15(7-9-16)14(2)3)22-17(10-11-26-22)19(20)13-23/h6-9,12,14H,4-5,10-11H2,1-3H3,(H,24,25). The molecule has 0 radical (unpaired) electrons. The van der Waals surface area contributed by atoms with Crippen molar-refractivity contribution in [2.24, 2.45) is 0 Å². The maximum absolute atomic E-state index is 12.1. The largest absolute Gasteiger partial charge is 0.492 e. The zero-order valence-corrected chi connectivity index (χ0v) is 15.6. The molecule has 4 heteroatoms. The van der Waals surface area contributed by atoms with Crippen LogP contribution in [0.2, 0.25) is 0 Å². The van der Waals surface area contributed by atoms with Gasteiger partial charge in [0.2, 0.25) is 5.91 Å². The van der Waals surface area contributed by atoms with Crippen LogP contribution < -0.4 is 10.1 Å². The molecule has 0 unspecified atom stereocenters. The van der Waals surface area contributed by atoms with Crippen LogP contribution in [-0.4, -0.2) is 12.5 Å². The summed E-state index contributed by atoms with van der Waals surface area (Å²) in [7, 11) is 0. The predicted octanol–water partition coefficient (Wildman–Crippen LogP) is 5.02. The second kappa shape index (κ2) is 7.61. The molecular formula is C22H24N2O2. The van der Waals surface area contributed by atoms with Gasteiger partial charge in [0.15, 0.2) is 0 Å². The first-order valence-corrected chi connectivity index (χ1v) is 9.18. The minimum absolute atomic E-state index is 0.0658.